The summed E-state index contributed by atoms with van der Waals surface area (Å²) in [5.41, 5.74) is 1.73. The normalized spacial score (nSPS) is 29.6. The van der Waals surface area contributed by atoms with Gasteiger partial charge in [-0.1, -0.05) is 39.3 Å². The van der Waals surface area contributed by atoms with Crippen LogP contribution in [0.2, 0.25) is 0 Å². The zero-order valence-corrected chi connectivity index (χ0v) is 22.7. The van der Waals surface area contributed by atoms with Gasteiger partial charge >= 0.3 is 5.97 Å². The van der Waals surface area contributed by atoms with Gasteiger partial charge in [-0.15, -0.1) is 11.3 Å². The molecule has 0 aromatic carbocycles. The van der Waals surface area contributed by atoms with Crippen LogP contribution in [0.15, 0.2) is 17.7 Å². The van der Waals surface area contributed by atoms with Crippen molar-refractivity contribution in [3.05, 3.63) is 27.5 Å². The molecule has 2 aliphatic carbocycles. The molecule has 1 aromatic rings. The van der Waals surface area contributed by atoms with Gasteiger partial charge in [0.25, 0.3) is 0 Å². The highest BCUT2D eigenvalue weighted by Crippen LogP contribution is 2.42. The summed E-state index contributed by atoms with van der Waals surface area (Å²) in [7, 11) is 0. The number of carboxylic acid groups (broad SMARTS) is 1. The van der Waals surface area contributed by atoms with Crippen LogP contribution in [0.3, 0.4) is 0 Å². The summed E-state index contributed by atoms with van der Waals surface area (Å²) >= 11 is 1.31. The average molecular weight is 504 g/mol. The number of nitrogens with zero attached hydrogens (tertiary/aromatic N) is 1. The van der Waals surface area contributed by atoms with Crippen molar-refractivity contribution in [3.63, 3.8) is 0 Å². The maximum Gasteiger partial charge on any atom is 0.348 e. The Morgan fingerprint density at radius 2 is 1.86 bits per heavy atom. The van der Waals surface area contributed by atoms with Crippen molar-refractivity contribution in [2.24, 2.45) is 11.8 Å². The van der Waals surface area contributed by atoms with Crippen LogP contribution in [0.25, 0.3) is 0 Å². The zero-order valence-electron chi connectivity index (χ0n) is 21.8. The van der Waals surface area contributed by atoms with Crippen molar-refractivity contribution in [3.8, 4) is 0 Å². The monoisotopic (exact) mass is 503 g/mol. The molecule has 3 aliphatic rings. The zero-order chi connectivity index (χ0) is 25.3. The van der Waals surface area contributed by atoms with E-state index in [1.807, 2.05) is 11.0 Å². The van der Waals surface area contributed by atoms with E-state index in [0.29, 0.717) is 12.3 Å². The van der Waals surface area contributed by atoms with Gasteiger partial charge in [-0.3, -0.25) is 4.79 Å². The number of carboxylic acids is 1. The van der Waals surface area contributed by atoms with E-state index in [0.717, 1.165) is 56.4 Å². The van der Waals surface area contributed by atoms with Gasteiger partial charge in [-0.05, 0) is 69.3 Å². The van der Waals surface area contributed by atoms with Crippen LogP contribution in [0.5, 0.6) is 0 Å². The molecule has 1 aliphatic heterocycles. The molecule has 1 saturated carbocycles. The second kappa shape index (κ2) is 10.7. The smallest absolute Gasteiger partial charge is 0.348 e. The van der Waals surface area contributed by atoms with Crippen LogP contribution in [0.1, 0.15) is 94.1 Å². The van der Waals surface area contributed by atoms with Gasteiger partial charge in [0.15, 0.2) is 0 Å². The molecule has 1 amide bonds. The molecule has 3 atom stereocenters. The Kier molecular flexibility index (Phi) is 8.08. The van der Waals surface area contributed by atoms with E-state index in [1.165, 1.54) is 16.9 Å². The standard InChI is InChI=1S/C28H41NO5S/c1-17-6-11-22(18(2)14-17)26(30)29(23-15-24(28(3,4)5)35-25(23)27(31)32)19-7-9-20(10-8-19)34-21-12-13-33-16-21/h6,15,18-22H,7-14,16H2,1-5H3,(H,31,32)/t18-,19?,20?,21-,22+/m1/s1. The second-order valence-electron chi connectivity index (χ2n) is 11.7. The van der Waals surface area contributed by atoms with Crippen LogP contribution in [0.4, 0.5) is 5.69 Å². The summed E-state index contributed by atoms with van der Waals surface area (Å²) < 4.78 is 11.7. The molecule has 7 heteroatoms. The predicted octanol–water partition coefficient (Wildman–Crippen LogP) is 6.19. The van der Waals surface area contributed by atoms with Gasteiger partial charge in [0.2, 0.25) is 5.91 Å². The number of hydrogen-bond acceptors (Lipinski definition) is 5. The molecule has 0 unspecified atom stereocenters. The lowest BCUT2D eigenvalue weighted by molar-refractivity contribution is -0.124. The van der Waals surface area contributed by atoms with E-state index in [4.69, 9.17) is 9.47 Å². The maximum atomic E-state index is 14.2. The van der Waals surface area contributed by atoms with Crippen LogP contribution in [-0.2, 0) is 19.7 Å². The predicted molar refractivity (Wildman–Crippen MR) is 139 cm³/mol. The molecule has 1 N–H and O–H groups in total. The van der Waals surface area contributed by atoms with E-state index in [2.05, 4.69) is 40.7 Å². The molecular weight excluding hydrogens is 462 g/mol. The van der Waals surface area contributed by atoms with E-state index in [1.54, 1.807) is 0 Å². The number of amides is 1. The number of ether oxygens (including phenoxy) is 2. The van der Waals surface area contributed by atoms with Gasteiger partial charge < -0.3 is 19.5 Å². The third-order valence-electron chi connectivity index (χ3n) is 7.79. The summed E-state index contributed by atoms with van der Waals surface area (Å²) in [6.45, 7) is 12.0. The molecule has 0 radical (unpaired) electrons. The quantitative estimate of drug-likeness (QED) is 0.469. The van der Waals surface area contributed by atoms with Crippen molar-refractivity contribution in [1.82, 2.24) is 0 Å². The molecule has 0 bridgehead atoms. The summed E-state index contributed by atoms with van der Waals surface area (Å²) in [6, 6.07) is 1.96. The number of allylic oxidation sites excluding steroid dienone is 2. The molecule has 2 heterocycles. The Balaban J connectivity index is 1.63. The molecule has 2 fully saturated rings. The maximum absolute atomic E-state index is 14.2. The highest BCUT2D eigenvalue weighted by atomic mass is 32.1. The summed E-state index contributed by atoms with van der Waals surface area (Å²) in [5.74, 6) is -0.756. The Hall–Kier alpha value is -1.70. The number of carbonyl (C=O) groups excluding carboxylic acids is 1. The largest absolute Gasteiger partial charge is 0.477 e. The first-order valence-corrected chi connectivity index (χ1v) is 14.0. The number of anilines is 1. The average Bonchev–Trinajstić information content (AvgIpc) is 3.45. The Labute approximate surface area is 213 Å². The lowest BCUT2D eigenvalue weighted by Crippen LogP contribution is -2.48. The van der Waals surface area contributed by atoms with Crippen molar-refractivity contribution >= 4 is 28.9 Å². The minimum Gasteiger partial charge on any atom is -0.477 e. The molecule has 0 spiro atoms. The van der Waals surface area contributed by atoms with Crippen molar-refractivity contribution in [2.45, 2.75) is 103 Å². The topological polar surface area (TPSA) is 76.1 Å². The summed E-state index contributed by atoms with van der Waals surface area (Å²) in [4.78, 5) is 29.7. The van der Waals surface area contributed by atoms with Crippen LogP contribution < -0.4 is 4.90 Å². The first-order chi connectivity index (χ1) is 16.5. The third kappa shape index (κ3) is 6.00. The molecule has 194 valence electrons. The van der Waals surface area contributed by atoms with Crippen LogP contribution in [-0.4, -0.2) is 48.4 Å². The highest BCUT2D eigenvalue weighted by molar-refractivity contribution is 7.14. The Bertz CT molecular complexity index is 947. The number of rotatable bonds is 6. The fraction of sp³-hybridized carbons (Fsp3) is 0.714. The van der Waals surface area contributed by atoms with Crippen molar-refractivity contribution < 1.29 is 24.2 Å². The van der Waals surface area contributed by atoms with Gasteiger partial charge in [-0.2, -0.15) is 0 Å². The molecule has 35 heavy (non-hydrogen) atoms. The van der Waals surface area contributed by atoms with Crippen LogP contribution >= 0.6 is 11.3 Å². The third-order valence-corrected chi connectivity index (χ3v) is 9.33. The minimum atomic E-state index is -0.955. The molecule has 6 nitrogen and oxygen atoms in total. The molecule has 1 saturated heterocycles. The van der Waals surface area contributed by atoms with E-state index in [9.17, 15) is 14.7 Å². The van der Waals surface area contributed by atoms with Gasteiger partial charge in [0, 0.05) is 23.4 Å². The summed E-state index contributed by atoms with van der Waals surface area (Å²) in [5, 5.41) is 10.1. The van der Waals surface area contributed by atoms with Gasteiger partial charge in [0.05, 0.1) is 24.5 Å². The first kappa shape index (κ1) is 26.4. The van der Waals surface area contributed by atoms with E-state index >= 15 is 0 Å². The number of hydrogen-bond donors (Lipinski definition) is 1. The Morgan fingerprint density at radius 1 is 1.14 bits per heavy atom. The molecular formula is C28H41NO5S. The minimum absolute atomic E-state index is 0.0121. The second-order valence-corrected chi connectivity index (χ2v) is 12.8. The van der Waals surface area contributed by atoms with Gasteiger partial charge in [-0.25, -0.2) is 4.79 Å². The fourth-order valence-corrected chi connectivity index (χ4v) is 6.77. The lowest BCUT2D eigenvalue weighted by Gasteiger charge is -2.40. The number of aromatic carboxylic acids is 1. The molecule has 1 aromatic heterocycles. The Morgan fingerprint density at radius 3 is 2.43 bits per heavy atom. The fourth-order valence-electron chi connectivity index (χ4n) is 5.73. The molecule has 4 rings (SSSR count). The van der Waals surface area contributed by atoms with Crippen molar-refractivity contribution in [2.75, 3.05) is 18.1 Å². The van der Waals surface area contributed by atoms with E-state index < -0.39 is 5.97 Å². The van der Waals surface area contributed by atoms with Gasteiger partial charge in [0.1, 0.15) is 4.88 Å². The number of carbonyl (C=O) groups is 2. The highest BCUT2D eigenvalue weighted by Gasteiger charge is 2.39. The summed E-state index contributed by atoms with van der Waals surface area (Å²) in [6.07, 6.45) is 8.52. The number of thiophene rings is 1. The SMILES string of the molecule is CC1=CC[C@H](C(=O)N(c2cc(C(C)(C)C)sc2C(=O)O)C2CCC(O[C@@H]3CCOC3)CC2)[C@H](C)C1. The lowest BCUT2D eigenvalue weighted by atomic mass is 9.79. The first-order valence-electron chi connectivity index (χ1n) is 13.1. The van der Waals surface area contributed by atoms with Crippen molar-refractivity contribution in [1.29, 1.82) is 0 Å². The van der Waals surface area contributed by atoms with Crippen LogP contribution in [0, 0.1) is 11.8 Å². The van der Waals surface area contributed by atoms with E-state index in [-0.39, 0.29) is 46.3 Å².